The van der Waals surface area contributed by atoms with Crippen molar-refractivity contribution in [3.8, 4) is 0 Å². The minimum atomic E-state index is -1.09. The van der Waals surface area contributed by atoms with Crippen LogP contribution in [0.15, 0.2) is 5.38 Å². The van der Waals surface area contributed by atoms with Crippen LogP contribution in [-0.2, 0) is 16.1 Å². The van der Waals surface area contributed by atoms with Crippen LogP contribution in [0.3, 0.4) is 0 Å². The molecule has 0 saturated carbocycles. The number of carboxylic acids is 1. The largest absolute Gasteiger partial charge is 0.476 e. The Morgan fingerprint density at radius 2 is 2.00 bits per heavy atom. The summed E-state index contributed by atoms with van der Waals surface area (Å²) in [6.45, 7) is 3.44. The molecule has 1 aliphatic heterocycles. The molecule has 0 aromatic carbocycles. The van der Waals surface area contributed by atoms with Gasteiger partial charge in [-0.2, -0.15) is 0 Å². The number of piperazine rings is 1. The maximum atomic E-state index is 11.8. The van der Waals surface area contributed by atoms with E-state index in [1.165, 1.54) is 9.80 Å². The molecule has 1 saturated heterocycles. The van der Waals surface area contributed by atoms with Gasteiger partial charge in [0, 0.05) is 25.0 Å². The van der Waals surface area contributed by atoms with Gasteiger partial charge in [-0.3, -0.25) is 9.59 Å². The summed E-state index contributed by atoms with van der Waals surface area (Å²) in [5.41, 5.74) is 0.494. The van der Waals surface area contributed by atoms with Crippen LogP contribution in [0, 0.1) is 0 Å². The molecule has 1 fully saturated rings. The standard InChI is InChI=1S/C11H13N3O4S/c1-2-13-3-4-14(10(16)9(13)15)5-7-6-19-8(12-7)11(17)18/h6H,2-5H2,1H3,(H,17,18). The van der Waals surface area contributed by atoms with Crippen molar-refractivity contribution in [2.45, 2.75) is 13.5 Å². The molecule has 1 aliphatic rings. The monoisotopic (exact) mass is 283 g/mol. The lowest BCUT2D eigenvalue weighted by Crippen LogP contribution is -2.53. The normalized spacial score (nSPS) is 16.1. The van der Waals surface area contributed by atoms with Crippen LogP contribution in [0.2, 0.25) is 0 Å². The quantitative estimate of drug-likeness (QED) is 0.787. The average molecular weight is 283 g/mol. The lowest BCUT2D eigenvalue weighted by atomic mass is 10.2. The van der Waals surface area contributed by atoms with E-state index in [9.17, 15) is 14.4 Å². The molecule has 2 rings (SSSR count). The van der Waals surface area contributed by atoms with E-state index < -0.39 is 17.8 Å². The third kappa shape index (κ3) is 2.73. The zero-order valence-electron chi connectivity index (χ0n) is 10.3. The fourth-order valence-electron chi connectivity index (χ4n) is 1.84. The lowest BCUT2D eigenvalue weighted by molar-refractivity contribution is -0.156. The number of carbonyl (C=O) groups excluding carboxylic acids is 2. The Labute approximate surface area is 113 Å². The van der Waals surface area contributed by atoms with Crippen molar-refractivity contribution in [3.05, 3.63) is 16.1 Å². The summed E-state index contributed by atoms with van der Waals surface area (Å²) in [5.74, 6) is -2.16. The Kier molecular flexibility index (Phi) is 3.79. The maximum Gasteiger partial charge on any atom is 0.365 e. The zero-order chi connectivity index (χ0) is 14.0. The van der Waals surface area contributed by atoms with Gasteiger partial charge in [-0.1, -0.05) is 0 Å². The average Bonchev–Trinajstić information content (AvgIpc) is 2.84. The highest BCUT2D eigenvalue weighted by atomic mass is 32.1. The smallest absolute Gasteiger partial charge is 0.365 e. The molecule has 1 aromatic rings. The van der Waals surface area contributed by atoms with Crippen LogP contribution in [0.4, 0.5) is 0 Å². The zero-order valence-corrected chi connectivity index (χ0v) is 11.1. The predicted octanol–water partition coefficient (Wildman–Crippen LogP) is 0.0320. The number of aromatic carboxylic acids is 1. The molecule has 2 amide bonds. The fraction of sp³-hybridized carbons (Fsp3) is 0.455. The van der Waals surface area contributed by atoms with Gasteiger partial charge in [-0.05, 0) is 6.92 Å². The van der Waals surface area contributed by atoms with Crippen molar-refractivity contribution in [2.24, 2.45) is 0 Å². The Morgan fingerprint density at radius 3 is 2.58 bits per heavy atom. The maximum absolute atomic E-state index is 11.8. The molecule has 102 valence electrons. The van der Waals surface area contributed by atoms with Crippen LogP contribution >= 0.6 is 11.3 Å². The first-order valence-electron chi connectivity index (χ1n) is 5.78. The molecule has 0 spiro atoms. The fourth-order valence-corrected chi connectivity index (χ4v) is 2.49. The van der Waals surface area contributed by atoms with Crippen molar-refractivity contribution in [1.82, 2.24) is 14.8 Å². The van der Waals surface area contributed by atoms with Crippen LogP contribution in [0.25, 0.3) is 0 Å². The van der Waals surface area contributed by atoms with Crippen LogP contribution in [-0.4, -0.2) is 57.3 Å². The van der Waals surface area contributed by atoms with Crippen molar-refractivity contribution in [2.75, 3.05) is 19.6 Å². The molecular weight excluding hydrogens is 270 g/mol. The molecule has 0 atom stereocenters. The second-order valence-electron chi connectivity index (χ2n) is 4.06. The first-order chi connectivity index (χ1) is 9.02. The van der Waals surface area contributed by atoms with Crippen molar-refractivity contribution < 1.29 is 19.5 Å². The highest BCUT2D eigenvalue weighted by Crippen LogP contribution is 2.14. The van der Waals surface area contributed by atoms with Gasteiger partial charge in [-0.25, -0.2) is 9.78 Å². The minimum absolute atomic E-state index is 0.0130. The number of carboxylic acid groups (broad SMARTS) is 1. The number of nitrogens with zero attached hydrogens (tertiary/aromatic N) is 3. The molecule has 19 heavy (non-hydrogen) atoms. The van der Waals surface area contributed by atoms with Crippen molar-refractivity contribution >= 4 is 29.1 Å². The van der Waals surface area contributed by atoms with Crippen molar-refractivity contribution in [3.63, 3.8) is 0 Å². The van der Waals surface area contributed by atoms with Gasteiger partial charge in [-0.15, -0.1) is 11.3 Å². The van der Waals surface area contributed by atoms with E-state index in [-0.39, 0.29) is 11.6 Å². The first-order valence-corrected chi connectivity index (χ1v) is 6.66. The summed E-state index contributed by atoms with van der Waals surface area (Å²) >= 11 is 1.01. The van der Waals surface area contributed by atoms with E-state index in [4.69, 9.17) is 5.11 Å². The second kappa shape index (κ2) is 5.35. The molecule has 0 aliphatic carbocycles. The summed E-state index contributed by atoms with van der Waals surface area (Å²) in [5, 5.41) is 10.3. The highest BCUT2D eigenvalue weighted by molar-refractivity contribution is 7.11. The Balaban J connectivity index is 2.05. The second-order valence-corrected chi connectivity index (χ2v) is 4.92. The third-order valence-corrected chi connectivity index (χ3v) is 3.75. The summed E-state index contributed by atoms with van der Waals surface area (Å²) in [7, 11) is 0. The number of amides is 2. The minimum Gasteiger partial charge on any atom is -0.476 e. The van der Waals surface area contributed by atoms with Gasteiger partial charge < -0.3 is 14.9 Å². The molecule has 7 nitrogen and oxygen atoms in total. The number of rotatable bonds is 4. The summed E-state index contributed by atoms with van der Waals surface area (Å²) in [6, 6.07) is 0. The lowest BCUT2D eigenvalue weighted by Gasteiger charge is -2.32. The van der Waals surface area contributed by atoms with Gasteiger partial charge in [0.2, 0.25) is 5.01 Å². The topological polar surface area (TPSA) is 90.8 Å². The number of thiazole rings is 1. The summed E-state index contributed by atoms with van der Waals surface area (Å²) < 4.78 is 0. The van der Waals surface area contributed by atoms with Crippen LogP contribution in [0.1, 0.15) is 22.4 Å². The van der Waals surface area contributed by atoms with Crippen LogP contribution < -0.4 is 0 Å². The van der Waals surface area contributed by atoms with Crippen molar-refractivity contribution in [1.29, 1.82) is 0 Å². The molecule has 1 N–H and O–H groups in total. The van der Waals surface area contributed by atoms with Crippen LogP contribution in [0.5, 0.6) is 0 Å². The number of likely N-dealkylation sites (N-methyl/N-ethyl adjacent to an activating group) is 1. The number of hydrogen-bond donors (Lipinski definition) is 1. The van der Waals surface area contributed by atoms with Gasteiger partial charge in [0.05, 0.1) is 12.2 Å². The van der Waals surface area contributed by atoms with E-state index in [0.717, 1.165) is 11.3 Å². The van der Waals surface area contributed by atoms with Gasteiger partial charge in [0.25, 0.3) is 0 Å². The molecule has 0 radical (unpaired) electrons. The molecule has 0 unspecified atom stereocenters. The molecular formula is C11H13N3O4S. The number of aromatic nitrogens is 1. The van der Waals surface area contributed by atoms with E-state index in [2.05, 4.69) is 4.98 Å². The predicted molar refractivity (Wildman–Crippen MR) is 66.7 cm³/mol. The van der Waals surface area contributed by atoms with E-state index >= 15 is 0 Å². The summed E-state index contributed by atoms with van der Waals surface area (Å²) in [4.78, 5) is 41.0. The van der Waals surface area contributed by atoms with Gasteiger partial charge >= 0.3 is 17.8 Å². The molecule has 2 heterocycles. The van der Waals surface area contributed by atoms with E-state index in [0.29, 0.717) is 25.3 Å². The Morgan fingerprint density at radius 1 is 1.37 bits per heavy atom. The molecule has 1 aromatic heterocycles. The molecule has 0 bridgehead atoms. The molecule has 8 heteroatoms. The Hall–Kier alpha value is -1.96. The number of hydrogen-bond acceptors (Lipinski definition) is 5. The van der Waals surface area contributed by atoms with Gasteiger partial charge in [0.1, 0.15) is 0 Å². The van der Waals surface area contributed by atoms with Gasteiger partial charge in [0.15, 0.2) is 0 Å². The first kappa shape index (κ1) is 13.5. The Bertz CT molecular complexity index is 528. The third-order valence-electron chi connectivity index (χ3n) is 2.87. The number of carbonyl (C=O) groups is 3. The highest BCUT2D eigenvalue weighted by Gasteiger charge is 2.31. The SMILES string of the molecule is CCN1CCN(Cc2csc(C(=O)O)n2)C(=O)C1=O. The summed E-state index contributed by atoms with van der Waals surface area (Å²) in [6.07, 6.45) is 0. The van der Waals surface area contributed by atoms with E-state index in [1.807, 2.05) is 6.92 Å². The van der Waals surface area contributed by atoms with E-state index in [1.54, 1.807) is 5.38 Å².